The number of ether oxygens (including phenoxy) is 1. The van der Waals surface area contributed by atoms with Gasteiger partial charge in [-0.2, -0.15) is 0 Å². The summed E-state index contributed by atoms with van der Waals surface area (Å²) in [6.45, 7) is 4.49. The van der Waals surface area contributed by atoms with Crippen LogP contribution in [0, 0.1) is 5.92 Å². The summed E-state index contributed by atoms with van der Waals surface area (Å²) in [6.07, 6.45) is -0.0281. The lowest BCUT2D eigenvalue weighted by molar-refractivity contribution is -0.139. The third-order valence-electron chi connectivity index (χ3n) is 2.53. The number of nitrogens with zero attached hydrogens (tertiary/aromatic N) is 1. The van der Waals surface area contributed by atoms with Crippen LogP contribution >= 0.6 is 0 Å². The van der Waals surface area contributed by atoms with Gasteiger partial charge in [-0.3, -0.25) is 9.59 Å². The fraction of sp³-hybridized carbons (Fsp3) is 0.800. The molecule has 1 N–H and O–H groups in total. The Bertz CT molecular complexity index is 242. The number of hydrogen-bond acceptors (Lipinski definition) is 4. The van der Waals surface area contributed by atoms with Crippen molar-refractivity contribution < 1.29 is 19.4 Å². The van der Waals surface area contributed by atoms with Gasteiger partial charge in [-0.05, 0) is 6.42 Å². The first kappa shape index (κ1) is 12.0. The Morgan fingerprint density at radius 1 is 1.67 bits per heavy atom. The van der Waals surface area contributed by atoms with Gasteiger partial charge in [0.2, 0.25) is 5.91 Å². The van der Waals surface area contributed by atoms with Crippen LogP contribution in [-0.2, 0) is 14.3 Å². The van der Waals surface area contributed by atoms with Crippen LogP contribution in [0.5, 0.6) is 0 Å². The number of carbonyl (C=O) groups is 2. The molecule has 5 nitrogen and oxygen atoms in total. The van der Waals surface area contributed by atoms with Gasteiger partial charge >= 0.3 is 0 Å². The SMILES string of the molecule is CC(C)C(=O)N1C[C@H](O)C[C@H]1COC=O. The average Bonchev–Trinajstić information content (AvgIpc) is 2.55. The number of β-amino-alcohol motifs (C(OH)–C–C–N with tert-alkyl or cyclic N) is 1. The molecule has 15 heavy (non-hydrogen) atoms. The normalized spacial score (nSPS) is 25.7. The van der Waals surface area contributed by atoms with Crippen LogP contribution in [0.1, 0.15) is 20.3 Å². The van der Waals surface area contributed by atoms with Crippen molar-refractivity contribution in [2.75, 3.05) is 13.2 Å². The van der Waals surface area contributed by atoms with Crippen LogP contribution in [-0.4, -0.2) is 47.7 Å². The standard InChI is InChI=1S/C10H17NO4/c1-7(2)10(14)11-4-9(13)3-8(11)5-15-6-12/h6-9,13H,3-5H2,1-2H3/t8-,9+/m0/s1. The van der Waals surface area contributed by atoms with Crippen LogP contribution in [0.3, 0.4) is 0 Å². The third-order valence-corrected chi connectivity index (χ3v) is 2.53. The van der Waals surface area contributed by atoms with Gasteiger partial charge in [-0.1, -0.05) is 13.8 Å². The minimum atomic E-state index is -0.507. The van der Waals surface area contributed by atoms with Gasteiger partial charge < -0.3 is 14.7 Å². The highest BCUT2D eigenvalue weighted by molar-refractivity contribution is 5.78. The van der Waals surface area contributed by atoms with E-state index < -0.39 is 6.10 Å². The van der Waals surface area contributed by atoms with Crippen molar-refractivity contribution in [3.63, 3.8) is 0 Å². The average molecular weight is 215 g/mol. The van der Waals surface area contributed by atoms with Gasteiger partial charge in [0.15, 0.2) is 0 Å². The van der Waals surface area contributed by atoms with Crippen LogP contribution in [0.25, 0.3) is 0 Å². The van der Waals surface area contributed by atoms with E-state index in [0.29, 0.717) is 19.4 Å². The lowest BCUT2D eigenvalue weighted by Gasteiger charge is -2.25. The molecule has 0 aromatic rings. The lowest BCUT2D eigenvalue weighted by Crippen LogP contribution is -2.40. The summed E-state index contributed by atoms with van der Waals surface area (Å²) in [7, 11) is 0. The number of amides is 1. The van der Waals surface area contributed by atoms with E-state index in [4.69, 9.17) is 0 Å². The van der Waals surface area contributed by atoms with E-state index in [1.165, 1.54) is 0 Å². The maximum Gasteiger partial charge on any atom is 0.293 e. The molecule has 0 aliphatic carbocycles. The van der Waals surface area contributed by atoms with Crippen molar-refractivity contribution in [3.8, 4) is 0 Å². The number of aliphatic hydroxyl groups is 1. The highest BCUT2D eigenvalue weighted by Gasteiger charge is 2.35. The summed E-state index contributed by atoms with van der Waals surface area (Å²) >= 11 is 0. The first-order valence-electron chi connectivity index (χ1n) is 5.10. The van der Waals surface area contributed by atoms with Gasteiger partial charge in [0.25, 0.3) is 6.47 Å². The largest absolute Gasteiger partial charge is 0.466 e. The molecule has 5 heteroatoms. The van der Waals surface area contributed by atoms with Crippen molar-refractivity contribution in [1.29, 1.82) is 0 Å². The Hall–Kier alpha value is -1.10. The molecule has 1 rings (SSSR count). The molecule has 86 valence electrons. The quantitative estimate of drug-likeness (QED) is 0.658. The van der Waals surface area contributed by atoms with E-state index in [0.717, 1.165) is 0 Å². The molecular weight excluding hydrogens is 198 g/mol. The molecule has 0 aromatic carbocycles. The molecular formula is C10H17NO4. The second-order valence-electron chi connectivity index (χ2n) is 4.12. The number of likely N-dealkylation sites (tertiary alicyclic amines) is 1. The molecule has 1 aliphatic heterocycles. The fourth-order valence-corrected chi connectivity index (χ4v) is 1.80. The van der Waals surface area contributed by atoms with Crippen molar-refractivity contribution in [2.45, 2.75) is 32.4 Å². The van der Waals surface area contributed by atoms with Gasteiger partial charge in [0.1, 0.15) is 6.61 Å². The molecule has 0 saturated carbocycles. The van der Waals surface area contributed by atoms with Crippen molar-refractivity contribution in [2.24, 2.45) is 5.92 Å². The minimum Gasteiger partial charge on any atom is -0.466 e. The first-order valence-corrected chi connectivity index (χ1v) is 5.10. The van der Waals surface area contributed by atoms with Crippen LogP contribution < -0.4 is 0 Å². The Morgan fingerprint density at radius 2 is 2.33 bits per heavy atom. The van der Waals surface area contributed by atoms with Gasteiger partial charge in [-0.25, -0.2) is 0 Å². The minimum absolute atomic E-state index is 0.00829. The molecule has 0 radical (unpaired) electrons. The Balaban J connectivity index is 2.59. The second kappa shape index (κ2) is 5.11. The highest BCUT2D eigenvalue weighted by atomic mass is 16.5. The summed E-state index contributed by atoms with van der Waals surface area (Å²) in [5.41, 5.74) is 0. The molecule has 2 atom stereocenters. The summed E-state index contributed by atoms with van der Waals surface area (Å²) in [6, 6.07) is -0.180. The van der Waals surface area contributed by atoms with Gasteiger partial charge in [0.05, 0.1) is 12.1 Å². The predicted octanol–water partition coefficient (Wildman–Crippen LogP) is -0.223. The molecule has 0 bridgehead atoms. The summed E-state index contributed by atoms with van der Waals surface area (Å²) in [5.74, 6) is -0.111. The van der Waals surface area contributed by atoms with Crippen molar-refractivity contribution in [3.05, 3.63) is 0 Å². The predicted molar refractivity (Wildman–Crippen MR) is 53.0 cm³/mol. The maximum atomic E-state index is 11.7. The summed E-state index contributed by atoms with van der Waals surface area (Å²) in [4.78, 5) is 23.4. The smallest absolute Gasteiger partial charge is 0.293 e. The van der Waals surface area contributed by atoms with Gasteiger partial charge in [-0.15, -0.1) is 0 Å². The van der Waals surface area contributed by atoms with Crippen molar-refractivity contribution in [1.82, 2.24) is 4.90 Å². The number of hydrogen-bond donors (Lipinski definition) is 1. The summed E-state index contributed by atoms with van der Waals surface area (Å²) in [5, 5.41) is 9.46. The van der Waals surface area contributed by atoms with E-state index in [-0.39, 0.29) is 24.5 Å². The molecule has 0 aromatic heterocycles. The molecule has 1 aliphatic rings. The molecule has 1 amide bonds. The van der Waals surface area contributed by atoms with E-state index >= 15 is 0 Å². The lowest BCUT2D eigenvalue weighted by atomic mass is 10.1. The van der Waals surface area contributed by atoms with Crippen LogP contribution in [0.2, 0.25) is 0 Å². The zero-order valence-electron chi connectivity index (χ0n) is 9.05. The number of carbonyl (C=O) groups excluding carboxylic acids is 2. The zero-order valence-corrected chi connectivity index (χ0v) is 9.05. The molecule has 1 heterocycles. The Kier molecular flexibility index (Phi) is 4.08. The van der Waals surface area contributed by atoms with Crippen molar-refractivity contribution >= 4 is 12.4 Å². The molecule has 0 spiro atoms. The van der Waals surface area contributed by atoms with E-state index in [9.17, 15) is 14.7 Å². The van der Waals surface area contributed by atoms with Crippen LogP contribution in [0.4, 0.5) is 0 Å². The highest BCUT2D eigenvalue weighted by Crippen LogP contribution is 2.20. The van der Waals surface area contributed by atoms with E-state index in [2.05, 4.69) is 4.74 Å². The number of aliphatic hydroxyl groups excluding tert-OH is 1. The topological polar surface area (TPSA) is 66.8 Å². The van der Waals surface area contributed by atoms with Crippen LogP contribution in [0.15, 0.2) is 0 Å². The monoisotopic (exact) mass is 215 g/mol. The molecule has 0 unspecified atom stereocenters. The summed E-state index contributed by atoms with van der Waals surface area (Å²) < 4.78 is 4.64. The first-order chi connectivity index (χ1) is 7.06. The Morgan fingerprint density at radius 3 is 2.87 bits per heavy atom. The van der Waals surface area contributed by atoms with Gasteiger partial charge in [0, 0.05) is 12.5 Å². The molecule has 1 saturated heterocycles. The fourth-order valence-electron chi connectivity index (χ4n) is 1.80. The third kappa shape index (κ3) is 2.92. The maximum absolute atomic E-state index is 11.7. The second-order valence-corrected chi connectivity index (χ2v) is 4.12. The van der Waals surface area contributed by atoms with E-state index in [1.54, 1.807) is 4.90 Å². The Labute approximate surface area is 89.0 Å². The number of rotatable bonds is 4. The molecule has 1 fully saturated rings. The zero-order chi connectivity index (χ0) is 11.4. The van der Waals surface area contributed by atoms with E-state index in [1.807, 2.05) is 13.8 Å².